The summed E-state index contributed by atoms with van der Waals surface area (Å²) in [7, 11) is 0. The van der Waals surface area contributed by atoms with Crippen LogP contribution in [-0.2, 0) is 14.4 Å². The summed E-state index contributed by atoms with van der Waals surface area (Å²) in [5.41, 5.74) is -4.41. The third-order valence-electron chi connectivity index (χ3n) is 10.8. The van der Waals surface area contributed by atoms with E-state index in [4.69, 9.17) is 4.84 Å². The highest BCUT2D eigenvalue weighted by Gasteiger charge is 2.79. The maximum atomic E-state index is 17.5. The first-order valence-electron chi connectivity index (χ1n) is 14.0. The predicted molar refractivity (Wildman–Crippen MR) is 140 cm³/mol. The number of hydrogen-bond acceptors (Lipinski definition) is 6. The molecule has 0 amide bonds. The van der Waals surface area contributed by atoms with Gasteiger partial charge in [0.1, 0.15) is 6.01 Å². The maximum absolute atomic E-state index is 17.5. The summed E-state index contributed by atoms with van der Waals surface area (Å²) in [5.74, 6) is -1.02. The molecule has 8 atom stereocenters. The fraction of sp³-hybridized carbons (Fsp3) is 0.793. The molecule has 0 radical (unpaired) electrons. The van der Waals surface area contributed by atoms with Crippen molar-refractivity contribution < 1.29 is 28.3 Å². The van der Waals surface area contributed by atoms with Crippen LogP contribution >= 0.6 is 11.8 Å². The van der Waals surface area contributed by atoms with Crippen molar-refractivity contribution in [3.05, 3.63) is 23.8 Å². The molecule has 0 aromatic carbocycles. The molecule has 37 heavy (non-hydrogen) atoms. The number of allylic oxidation sites excluding steroid dienone is 4. The Morgan fingerprint density at radius 2 is 1.97 bits per heavy atom. The molecule has 0 spiro atoms. The van der Waals surface area contributed by atoms with Gasteiger partial charge in [-0.25, -0.2) is 8.78 Å². The van der Waals surface area contributed by atoms with Gasteiger partial charge in [0.25, 0.3) is 0 Å². The molecule has 1 N–H and O–H groups in total. The van der Waals surface area contributed by atoms with Crippen LogP contribution in [0.4, 0.5) is 8.78 Å². The Labute approximate surface area is 223 Å². The Morgan fingerprint density at radius 3 is 2.62 bits per heavy atom. The SMILES string of the molecule is CCCC(CCC)N1C[C@@H]2C[C@H]3[C@@H]4CCC5=CC(=O)C=C[C@]5(C)[C@@]4(F)[C@@H](O)C[C@]3(C)[C@]2(C(=O)SCF)O1. The highest BCUT2D eigenvalue weighted by Crippen LogP contribution is 2.73. The molecule has 0 aromatic rings. The van der Waals surface area contributed by atoms with E-state index in [0.717, 1.165) is 31.3 Å². The fourth-order valence-corrected chi connectivity index (χ4v) is 9.85. The second-order valence-electron chi connectivity index (χ2n) is 12.4. The minimum Gasteiger partial charge on any atom is -0.390 e. The summed E-state index contributed by atoms with van der Waals surface area (Å²) >= 11 is 0.647. The lowest BCUT2D eigenvalue weighted by molar-refractivity contribution is -0.271. The molecule has 1 saturated heterocycles. The van der Waals surface area contributed by atoms with E-state index in [2.05, 4.69) is 13.8 Å². The molecular formula is C29H41F2NO4S. The van der Waals surface area contributed by atoms with Crippen LogP contribution in [0.1, 0.15) is 79.1 Å². The molecule has 4 fully saturated rings. The number of carbonyl (C=O) groups excluding carboxylic acids is 2. The van der Waals surface area contributed by atoms with E-state index < -0.39 is 40.1 Å². The Kier molecular flexibility index (Phi) is 7.08. The normalized spacial score (nSPS) is 44.9. The number of aliphatic hydroxyl groups is 1. The summed E-state index contributed by atoms with van der Waals surface area (Å²) in [5, 5.41) is 13.3. The number of ketones is 1. The number of alkyl halides is 2. The van der Waals surface area contributed by atoms with E-state index in [9.17, 15) is 19.1 Å². The Bertz CT molecular complexity index is 1010. The Balaban J connectivity index is 1.56. The summed E-state index contributed by atoms with van der Waals surface area (Å²) in [6, 6.07) is -0.669. The van der Waals surface area contributed by atoms with Gasteiger partial charge in [0.15, 0.2) is 17.1 Å². The molecule has 8 heteroatoms. The van der Waals surface area contributed by atoms with Crippen LogP contribution < -0.4 is 0 Å². The van der Waals surface area contributed by atoms with Gasteiger partial charge in [-0.1, -0.05) is 57.0 Å². The van der Waals surface area contributed by atoms with Crippen molar-refractivity contribution in [3.8, 4) is 0 Å². The predicted octanol–water partition coefficient (Wildman–Crippen LogP) is 5.72. The smallest absolute Gasteiger partial charge is 0.226 e. The van der Waals surface area contributed by atoms with Crippen LogP contribution in [0.25, 0.3) is 0 Å². The lowest BCUT2D eigenvalue weighted by Gasteiger charge is -2.62. The molecule has 5 rings (SSSR count). The summed E-state index contributed by atoms with van der Waals surface area (Å²) in [6.07, 6.45) is 8.88. The molecule has 206 valence electrons. The van der Waals surface area contributed by atoms with Crippen molar-refractivity contribution in [2.75, 3.05) is 12.6 Å². The van der Waals surface area contributed by atoms with Gasteiger partial charge in [-0.2, -0.15) is 5.06 Å². The zero-order valence-electron chi connectivity index (χ0n) is 22.5. The lowest BCUT2D eigenvalue weighted by atomic mass is 9.45. The monoisotopic (exact) mass is 537 g/mol. The van der Waals surface area contributed by atoms with Gasteiger partial charge < -0.3 is 5.11 Å². The molecule has 4 aliphatic carbocycles. The number of thioether (sulfide) groups is 1. The lowest BCUT2D eigenvalue weighted by Crippen LogP contribution is -2.69. The molecular weight excluding hydrogens is 496 g/mol. The Morgan fingerprint density at radius 1 is 1.27 bits per heavy atom. The van der Waals surface area contributed by atoms with E-state index in [1.54, 1.807) is 13.0 Å². The minimum absolute atomic E-state index is 0.0600. The largest absolute Gasteiger partial charge is 0.390 e. The third kappa shape index (κ3) is 3.57. The number of aliphatic hydroxyl groups excluding tert-OH is 1. The molecule has 5 aliphatic rings. The number of carbonyl (C=O) groups is 2. The number of fused-ring (bicyclic) bond motifs is 7. The van der Waals surface area contributed by atoms with Gasteiger partial charge in [-0.3, -0.25) is 14.4 Å². The molecule has 0 bridgehead atoms. The second kappa shape index (κ2) is 9.53. The fourth-order valence-electron chi connectivity index (χ4n) is 9.10. The van der Waals surface area contributed by atoms with Crippen molar-refractivity contribution in [2.45, 2.75) is 102 Å². The zero-order valence-corrected chi connectivity index (χ0v) is 23.3. The van der Waals surface area contributed by atoms with Crippen LogP contribution in [-0.4, -0.2) is 57.0 Å². The summed E-state index contributed by atoms with van der Waals surface area (Å²) < 4.78 is 31.1. The van der Waals surface area contributed by atoms with E-state index in [-0.39, 0.29) is 35.2 Å². The number of rotatable bonds is 7. The van der Waals surface area contributed by atoms with Gasteiger partial charge in [-0.15, -0.1) is 0 Å². The zero-order chi connectivity index (χ0) is 26.8. The third-order valence-corrected chi connectivity index (χ3v) is 11.5. The van der Waals surface area contributed by atoms with Crippen LogP contribution in [0.15, 0.2) is 23.8 Å². The van der Waals surface area contributed by atoms with Crippen molar-refractivity contribution >= 4 is 22.7 Å². The second-order valence-corrected chi connectivity index (χ2v) is 13.3. The topological polar surface area (TPSA) is 66.8 Å². The highest BCUT2D eigenvalue weighted by molar-refractivity contribution is 8.13. The molecule has 0 aromatic heterocycles. The van der Waals surface area contributed by atoms with Crippen LogP contribution in [0.5, 0.6) is 0 Å². The van der Waals surface area contributed by atoms with Crippen molar-refractivity contribution in [1.29, 1.82) is 0 Å². The van der Waals surface area contributed by atoms with E-state index in [1.165, 1.54) is 12.2 Å². The van der Waals surface area contributed by atoms with Crippen LogP contribution in [0.2, 0.25) is 0 Å². The summed E-state index contributed by atoms with van der Waals surface area (Å²) in [6.45, 7) is 8.61. The Hall–Kier alpha value is -1.09. The van der Waals surface area contributed by atoms with E-state index in [0.29, 0.717) is 37.6 Å². The van der Waals surface area contributed by atoms with Gasteiger partial charge in [-0.05, 0) is 63.5 Å². The van der Waals surface area contributed by atoms with E-state index >= 15 is 4.39 Å². The van der Waals surface area contributed by atoms with Crippen molar-refractivity contribution in [3.63, 3.8) is 0 Å². The average molecular weight is 538 g/mol. The van der Waals surface area contributed by atoms with E-state index in [1.807, 2.05) is 12.0 Å². The maximum Gasteiger partial charge on any atom is 0.226 e. The van der Waals surface area contributed by atoms with Crippen LogP contribution in [0.3, 0.4) is 0 Å². The van der Waals surface area contributed by atoms with Gasteiger partial charge >= 0.3 is 0 Å². The molecule has 1 aliphatic heterocycles. The van der Waals surface area contributed by atoms with Gasteiger partial charge in [0.2, 0.25) is 5.12 Å². The van der Waals surface area contributed by atoms with Gasteiger partial charge in [0, 0.05) is 35.3 Å². The average Bonchev–Trinajstić information content (AvgIpc) is 3.34. The number of halogens is 2. The molecule has 5 nitrogen and oxygen atoms in total. The minimum atomic E-state index is -1.96. The first-order valence-corrected chi connectivity index (χ1v) is 15.0. The number of hydroxylamine groups is 2. The number of nitrogens with zero attached hydrogens (tertiary/aromatic N) is 1. The highest BCUT2D eigenvalue weighted by atomic mass is 32.2. The standard InChI is InChI=1S/C29H41F2NO4S/c1-5-7-20(8-6-2)32-16-19-14-23-22-10-9-18-13-21(33)11-12-26(18,3)28(22,31)24(34)15-27(23,4)29(19,36-32)25(35)37-17-30/h11-13,19-20,22-24,34H,5-10,14-17H2,1-4H3/t19-,22-,23-,24-,26-,27-,28-,29-/m0/s1. The van der Waals surface area contributed by atoms with Crippen LogP contribution in [0, 0.1) is 28.6 Å². The first-order chi connectivity index (χ1) is 17.5. The molecule has 1 heterocycles. The summed E-state index contributed by atoms with van der Waals surface area (Å²) in [4.78, 5) is 32.6. The van der Waals surface area contributed by atoms with Crippen molar-refractivity contribution in [1.82, 2.24) is 5.06 Å². The molecule has 3 saturated carbocycles. The van der Waals surface area contributed by atoms with Crippen molar-refractivity contribution in [2.24, 2.45) is 28.6 Å². The van der Waals surface area contributed by atoms with Gasteiger partial charge in [0.05, 0.1) is 6.10 Å². The number of hydrogen-bond donors (Lipinski definition) is 1. The first kappa shape index (κ1) is 27.5. The quantitative estimate of drug-likeness (QED) is 0.448. The molecule has 0 unspecified atom stereocenters.